The Hall–Kier alpha value is -5.60. The molecule has 2 rings (SSSR count). The van der Waals surface area contributed by atoms with E-state index in [0.29, 0.717) is 29.2 Å². The number of ether oxygens (including phenoxy) is 5. The highest BCUT2D eigenvalue weighted by Gasteiger charge is 2.25. The number of rotatable bonds is 19. The smallest absolute Gasteiger partial charge is 0.407 e. The molecule has 1 amide bonds. The maximum Gasteiger partial charge on any atom is 0.407 e. The van der Waals surface area contributed by atoms with Crippen molar-refractivity contribution in [2.75, 3.05) is 52.7 Å². The number of ketones is 2. The molecular weight excluding hydrogens is 680 g/mol. The summed E-state index contributed by atoms with van der Waals surface area (Å²) in [5.41, 5.74) is -2.00. The summed E-state index contributed by atoms with van der Waals surface area (Å²) in [7, 11) is 0. The van der Waals surface area contributed by atoms with Crippen LogP contribution in [0.3, 0.4) is 0 Å². The maximum atomic E-state index is 11.9. The molecule has 52 heavy (non-hydrogen) atoms. The molecule has 0 unspecified atom stereocenters. The minimum atomic E-state index is -1.44. The van der Waals surface area contributed by atoms with Gasteiger partial charge in [0.1, 0.15) is 55.7 Å². The average Bonchev–Trinajstić information content (AvgIpc) is 3.12. The zero-order valence-electron chi connectivity index (χ0n) is 29.9. The summed E-state index contributed by atoms with van der Waals surface area (Å²) < 4.78 is 24.7. The van der Waals surface area contributed by atoms with E-state index in [1.807, 2.05) is 0 Å². The zero-order chi connectivity index (χ0) is 39.6. The number of amides is 1. The van der Waals surface area contributed by atoms with Gasteiger partial charge >= 0.3 is 18.0 Å². The lowest BCUT2D eigenvalue weighted by Gasteiger charge is -2.15. The number of hydrogen-bond acceptors (Lipinski definition) is 14. The first-order valence-electron chi connectivity index (χ1n) is 15.8. The fraction of sp³-hybridized carbons (Fsp3) is 0.378. The summed E-state index contributed by atoms with van der Waals surface area (Å²) in [5, 5.41) is 30.2. The fourth-order valence-corrected chi connectivity index (χ4v) is 3.31. The normalized spacial score (nSPS) is 10.2. The van der Waals surface area contributed by atoms with E-state index in [4.69, 9.17) is 19.3 Å². The number of nitrogens with one attached hydrogen (secondary N) is 1. The lowest BCUT2D eigenvalue weighted by Crippen LogP contribution is -2.31. The number of aliphatic imine (C=N–C) groups is 1. The van der Waals surface area contributed by atoms with Gasteiger partial charge in [0.2, 0.25) is 0 Å². The van der Waals surface area contributed by atoms with E-state index < -0.39 is 29.2 Å². The predicted octanol–water partition coefficient (Wildman–Crippen LogP) is 3.06. The maximum absolute atomic E-state index is 11.9. The third-order valence-electron chi connectivity index (χ3n) is 5.80. The quantitative estimate of drug-likeness (QED) is 0.0409. The Morgan fingerprint density at radius 1 is 0.712 bits per heavy atom. The minimum Gasteiger partial charge on any atom is -0.491 e. The van der Waals surface area contributed by atoms with E-state index in [1.165, 1.54) is 27.7 Å². The van der Waals surface area contributed by atoms with E-state index in [1.54, 1.807) is 48.5 Å². The van der Waals surface area contributed by atoms with Gasteiger partial charge in [-0.2, -0.15) is 0 Å². The summed E-state index contributed by atoms with van der Waals surface area (Å²) in [5.74, 6) is 1.68. The van der Waals surface area contributed by atoms with Crippen LogP contribution in [0, 0.1) is 0 Å². The van der Waals surface area contributed by atoms with Crippen molar-refractivity contribution >= 4 is 35.5 Å². The van der Waals surface area contributed by atoms with Crippen molar-refractivity contribution < 1.29 is 63.0 Å². The van der Waals surface area contributed by atoms with E-state index in [2.05, 4.69) is 45.4 Å². The Kier molecular flexibility index (Phi) is 22.6. The second-order valence-corrected chi connectivity index (χ2v) is 11.1. The van der Waals surface area contributed by atoms with Gasteiger partial charge in [0.15, 0.2) is 11.6 Å². The topological polar surface area (TPSA) is 217 Å². The summed E-state index contributed by atoms with van der Waals surface area (Å²) in [6.45, 7) is 16.6. The number of esters is 2. The SMILES string of the molecule is C=C=NCCOC(=O)C=C.C=CC(=O)OCCNC(=O)OCCOc1ccc(C(=O)C(C)(C)O)cc1.CC(C)(O)C(=O)c1ccc(OCCO)cc1. The molecule has 0 aromatic heterocycles. The lowest BCUT2D eigenvalue weighted by molar-refractivity contribution is -0.138. The average molecular weight is 729 g/mol. The lowest BCUT2D eigenvalue weighted by atomic mass is 9.97. The molecule has 2 aromatic carbocycles. The number of carbonyl (C=O) groups is 5. The molecule has 15 heteroatoms. The van der Waals surface area contributed by atoms with E-state index >= 15 is 0 Å². The van der Waals surface area contributed by atoms with Crippen LogP contribution >= 0.6 is 0 Å². The third-order valence-corrected chi connectivity index (χ3v) is 5.80. The summed E-state index contributed by atoms with van der Waals surface area (Å²) in [6.07, 6.45) is 1.48. The standard InChI is InChI=1S/C18H23NO7.C12H16O4.C7H9NO2/c1-4-15(20)25-10-9-19-17(22)26-12-11-24-14-7-5-13(6-8-14)16(21)18(2,3)23;1-12(2,15)11(14)9-3-5-10(6-4-9)16-8-7-13;1-3-7(9)10-6-5-8-4-2/h4-8,23H,1,9-12H2,2-3H3,(H,19,22);3-6,13,15H,7-8H2,1-2H3;3H,1-2,5-6H2. The van der Waals surface area contributed by atoms with Crippen LogP contribution < -0.4 is 14.8 Å². The second kappa shape index (κ2) is 25.4. The monoisotopic (exact) mass is 728 g/mol. The Morgan fingerprint density at radius 3 is 1.56 bits per heavy atom. The van der Waals surface area contributed by atoms with Crippen molar-refractivity contribution in [3.05, 3.63) is 91.5 Å². The molecule has 0 spiro atoms. The molecular formula is C37H48N2O13. The van der Waals surface area contributed by atoms with E-state index in [0.717, 1.165) is 12.2 Å². The molecule has 0 aliphatic rings. The molecule has 2 aromatic rings. The van der Waals surface area contributed by atoms with Crippen molar-refractivity contribution in [3.63, 3.8) is 0 Å². The molecule has 15 nitrogen and oxygen atoms in total. The first-order chi connectivity index (χ1) is 24.5. The van der Waals surface area contributed by atoms with Gasteiger partial charge in [-0.1, -0.05) is 13.2 Å². The van der Waals surface area contributed by atoms with Crippen LogP contribution in [0.25, 0.3) is 0 Å². The summed E-state index contributed by atoms with van der Waals surface area (Å²) in [4.78, 5) is 59.7. The summed E-state index contributed by atoms with van der Waals surface area (Å²) in [6, 6.07) is 12.7. The molecule has 0 atom stereocenters. The van der Waals surface area contributed by atoms with Crippen LogP contribution in [0.2, 0.25) is 0 Å². The molecule has 0 radical (unpaired) electrons. The van der Waals surface area contributed by atoms with Crippen molar-refractivity contribution in [1.29, 1.82) is 0 Å². The van der Waals surface area contributed by atoms with Crippen molar-refractivity contribution in [2.24, 2.45) is 4.99 Å². The van der Waals surface area contributed by atoms with Crippen molar-refractivity contribution in [1.82, 2.24) is 5.32 Å². The van der Waals surface area contributed by atoms with Gasteiger partial charge < -0.3 is 44.3 Å². The zero-order valence-corrected chi connectivity index (χ0v) is 29.9. The first kappa shape index (κ1) is 46.4. The van der Waals surface area contributed by atoms with Gasteiger partial charge in [-0.25, -0.2) is 19.4 Å². The van der Waals surface area contributed by atoms with Crippen molar-refractivity contribution in [2.45, 2.75) is 38.9 Å². The molecule has 284 valence electrons. The third kappa shape index (κ3) is 21.5. The predicted molar refractivity (Wildman–Crippen MR) is 192 cm³/mol. The minimum absolute atomic E-state index is 0.0165. The van der Waals surface area contributed by atoms with Gasteiger partial charge in [0.25, 0.3) is 0 Å². The number of carbonyl (C=O) groups excluding carboxylic acids is 5. The molecule has 0 saturated heterocycles. The summed E-state index contributed by atoms with van der Waals surface area (Å²) >= 11 is 0. The number of nitrogens with zero attached hydrogens (tertiary/aromatic N) is 1. The highest BCUT2D eigenvalue weighted by Crippen LogP contribution is 2.18. The highest BCUT2D eigenvalue weighted by atomic mass is 16.6. The van der Waals surface area contributed by atoms with Gasteiger partial charge in [-0.05, 0) is 88.7 Å². The van der Waals surface area contributed by atoms with E-state index in [9.17, 15) is 34.2 Å². The molecule has 0 heterocycles. The first-order valence-corrected chi connectivity index (χ1v) is 15.8. The number of aliphatic hydroxyl groups excluding tert-OH is 1. The highest BCUT2D eigenvalue weighted by molar-refractivity contribution is 6.02. The Bertz CT molecular complexity index is 1480. The molecule has 0 aliphatic carbocycles. The van der Waals surface area contributed by atoms with Gasteiger partial charge in [-0.15, -0.1) is 0 Å². The Morgan fingerprint density at radius 2 is 1.15 bits per heavy atom. The molecule has 0 fully saturated rings. The fourth-order valence-electron chi connectivity index (χ4n) is 3.31. The van der Waals surface area contributed by atoms with Crippen LogP contribution in [-0.4, -0.2) is 115 Å². The number of benzene rings is 2. The second-order valence-electron chi connectivity index (χ2n) is 11.1. The molecule has 4 N–H and O–H groups in total. The van der Waals surface area contributed by atoms with Crippen LogP contribution in [-0.2, 0) is 23.8 Å². The molecule has 0 aliphatic heterocycles. The largest absolute Gasteiger partial charge is 0.491 e. The Labute approximate surface area is 303 Å². The Balaban J connectivity index is 0.000000846. The number of hydrogen-bond donors (Lipinski definition) is 4. The van der Waals surface area contributed by atoms with Gasteiger partial charge in [-0.3, -0.25) is 9.59 Å². The van der Waals surface area contributed by atoms with Gasteiger partial charge in [0, 0.05) is 23.3 Å². The van der Waals surface area contributed by atoms with Crippen LogP contribution in [0.15, 0.2) is 85.4 Å². The molecule has 0 bridgehead atoms. The van der Waals surface area contributed by atoms with Gasteiger partial charge in [0.05, 0.1) is 19.7 Å². The number of aliphatic hydroxyl groups is 3. The number of Topliss-reactive ketones (excluding diaryl/α,β-unsaturated/α-hetero) is 2. The molecule has 0 saturated carbocycles. The van der Waals surface area contributed by atoms with E-state index in [-0.39, 0.29) is 57.8 Å². The van der Waals surface area contributed by atoms with Crippen molar-refractivity contribution in [3.8, 4) is 11.5 Å². The van der Waals surface area contributed by atoms with Crippen LogP contribution in [0.1, 0.15) is 48.4 Å². The van der Waals surface area contributed by atoms with Crippen LogP contribution in [0.4, 0.5) is 4.79 Å². The van der Waals surface area contributed by atoms with Crippen LogP contribution in [0.5, 0.6) is 11.5 Å². The number of alkyl carbamates (subject to hydrolysis) is 1.